The zero-order chi connectivity index (χ0) is 17.0. The molecule has 3 N–H and O–H groups in total. The maximum atomic E-state index is 11.9. The number of hydrogen-bond donors (Lipinski definition) is 2. The van der Waals surface area contributed by atoms with E-state index in [9.17, 15) is 4.79 Å². The minimum atomic E-state index is -0.244. The lowest BCUT2D eigenvalue weighted by Crippen LogP contribution is -2.24. The summed E-state index contributed by atoms with van der Waals surface area (Å²) in [4.78, 5) is 19.9. The first kappa shape index (κ1) is 19.6. The monoisotopic (exact) mass is 302 g/mol. The van der Waals surface area contributed by atoms with Crippen molar-refractivity contribution in [3.05, 3.63) is 47.9 Å². The summed E-state index contributed by atoms with van der Waals surface area (Å²) in [5.74, 6) is 0.183. The lowest BCUT2D eigenvalue weighted by atomic mass is 10.2. The van der Waals surface area contributed by atoms with Crippen molar-refractivity contribution in [1.82, 2.24) is 5.32 Å². The minimum Gasteiger partial charge on any atom is -0.384 e. The molecule has 0 unspecified atom stereocenters. The third-order valence-electron chi connectivity index (χ3n) is 2.64. The largest absolute Gasteiger partial charge is 0.384 e. The van der Waals surface area contributed by atoms with Gasteiger partial charge in [-0.3, -0.25) is 9.79 Å². The Morgan fingerprint density at radius 3 is 2.64 bits per heavy atom. The SMILES string of the molecule is C=N/C(=C\C(=C)C(=O)NC/C=C(C)/N=C(N)\C=C\C)CCC. The van der Waals surface area contributed by atoms with Gasteiger partial charge in [-0.2, -0.15) is 0 Å². The summed E-state index contributed by atoms with van der Waals surface area (Å²) in [6.07, 6.45) is 8.67. The predicted octanol–water partition coefficient (Wildman–Crippen LogP) is 2.88. The first-order chi connectivity index (χ1) is 10.4. The molecular formula is C17H26N4O. The molecule has 0 aliphatic rings. The number of amides is 1. The van der Waals surface area contributed by atoms with Crippen molar-refractivity contribution in [2.24, 2.45) is 15.7 Å². The lowest BCUT2D eigenvalue weighted by molar-refractivity contribution is -0.116. The molecule has 0 radical (unpaired) electrons. The number of nitrogens with one attached hydrogen (secondary N) is 1. The number of nitrogens with two attached hydrogens (primary N) is 1. The molecule has 5 heteroatoms. The van der Waals surface area contributed by atoms with Crippen molar-refractivity contribution < 1.29 is 4.79 Å². The number of hydrogen-bond acceptors (Lipinski definition) is 3. The molecule has 0 aromatic carbocycles. The van der Waals surface area contributed by atoms with E-state index in [-0.39, 0.29) is 5.91 Å². The van der Waals surface area contributed by atoms with Crippen LogP contribution in [0.1, 0.15) is 33.6 Å². The molecule has 0 spiro atoms. The van der Waals surface area contributed by atoms with E-state index in [0.717, 1.165) is 24.2 Å². The van der Waals surface area contributed by atoms with E-state index in [1.165, 1.54) is 0 Å². The maximum Gasteiger partial charge on any atom is 0.250 e. The minimum absolute atomic E-state index is 0.244. The first-order valence-corrected chi connectivity index (χ1v) is 7.22. The zero-order valence-electron chi connectivity index (χ0n) is 13.7. The molecule has 0 heterocycles. The normalized spacial score (nSPS) is 13.3. The molecule has 0 atom stereocenters. The predicted molar refractivity (Wildman–Crippen MR) is 94.9 cm³/mol. The molecule has 0 fully saturated rings. The van der Waals surface area contributed by atoms with Crippen molar-refractivity contribution in [3.8, 4) is 0 Å². The van der Waals surface area contributed by atoms with Gasteiger partial charge in [0.05, 0.1) is 0 Å². The Bertz CT molecular complexity index is 525. The molecule has 0 saturated heterocycles. The van der Waals surface area contributed by atoms with Gasteiger partial charge in [-0.1, -0.05) is 26.0 Å². The van der Waals surface area contributed by atoms with E-state index in [4.69, 9.17) is 5.73 Å². The number of carbonyl (C=O) groups is 1. The molecule has 22 heavy (non-hydrogen) atoms. The molecule has 0 rings (SSSR count). The Morgan fingerprint density at radius 1 is 1.41 bits per heavy atom. The smallest absolute Gasteiger partial charge is 0.250 e. The van der Waals surface area contributed by atoms with Crippen molar-refractivity contribution in [1.29, 1.82) is 0 Å². The van der Waals surface area contributed by atoms with Gasteiger partial charge in [-0.05, 0) is 45.2 Å². The average molecular weight is 302 g/mol. The average Bonchev–Trinajstić information content (AvgIpc) is 2.46. The molecule has 0 bridgehead atoms. The van der Waals surface area contributed by atoms with Crippen molar-refractivity contribution >= 4 is 18.5 Å². The van der Waals surface area contributed by atoms with Crippen LogP contribution >= 0.6 is 0 Å². The van der Waals surface area contributed by atoms with Crippen LogP contribution in [0.2, 0.25) is 0 Å². The van der Waals surface area contributed by atoms with Gasteiger partial charge in [0.2, 0.25) is 0 Å². The highest BCUT2D eigenvalue weighted by Gasteiger charge is 2.04. The van der Waals surface area contributed by atoms with E-state index in [1.54, 1.807) is 18.2 Å². The number of rotatable bonds is 9. The number of allylic oxidation sites excluding steroid dienone is 3. The summed E-state index contributed by atoms with van der Waals surface area (Å²) in [7, 11) is 0. The van der Waals surface area contributed by atoms with E-state index in [2.05, 4.69) is 28.6 Å². The summed E-state index contributed by atoms with van der Waals surface area (Å²) < 4.78 is 0. The van der Waals surface area contributed by atoms with Crippen molar-refractivity contribution in [2.45, 2.75) is 33.6 Å². The Kier molecular flexibility index (Phi) is 10.0. The molecule has 0 aliphatic heterocycles. The highest BCUT2D eigenvalue weighted by atomic mass is 16.1. The fourth-order valence-corrected chi connectivity index (χ4v) is 1.58. The third-order valence-corrected chi connectivity index (χ3v) is 2.64. The van der Waals surface area contributed by atoms with Crippen LogP contribution in [0.4, 0.5) is 0 Å². The molecule has 1 amide bonds. The molecule has 0 aromatic rings. The molecular weight excluding hydrogens is 276 g/mol. The third kappa shape index (κ3) is 8.68. The van der Waals surface area contributed by atoms with Crippen LogP contribution in [-0.2, 0) is 4.79 Å². The van der Waals surface area contributed by atoms with Crippen molar-refractivity contribution in [2.75, 3.05) is 6.54 Å². The van der Waals surface area contributed by atoms with Gasteiger partial charge < -0.3 is 11.1 Å². The molecule has 120 valence electrons. The van der Waals surface area contributed by atoms with Gasteiger partial charge in [0.25, 0.3) is 5.91 Å². The fourth-order valence-electron chi connectivity index (χ4n) is 1.58. The highest BCUT2D eigenvalue weighted by Crippen LogP contribution is 2.09. The number of amidine groups is 1. The number of aliphatic imine (C=N–C) groups is 2. The van der Waals surface area contributed by atoms with Crippen LogP contribution < -0.4 is 11.1 Å². The number of nitrogens with zero attached hydrogens (tertiary/aromatic N) is 2. The Morgan fingerprint density at radius 2 is 2.09 bits per heavy atom. The second-order valence-electron chi connectivity index (χ2n) is 4.66. The van der Waals surface area contributed by atoms with Gasteiger partial charge in [-0.25, -0.2) is 4.99 Å². The standard InChI is InChI=1S/C17H26N4O/c1-6-8-15(19-5)12-13(3)17(22)20-11-10-14(4)21-16(18)9-7-2/h7,9-10,12H,3,5-6,8,11H2,1-2,4H3,(H2,18,21)(H,20,22)/b9-7+,14-10+,15-12-. The topological polar surface area (TPSA) is 79.8 Å². The quantitative estimate of drug-likeness (QED) is 0.297. The maximum absolute atomic E-state index is 11.9. The van der Waals surface area contributed by atoms with Gasteiger partial charge in [0.15, 0.2) is 0 Å². The zero-order valence-corrected chi connectivity index (χ0v) is 13.7. The van der Waals surface area contributed by atoms with Crippen LogP contribution in [0.5, 0.6) is 0 Å². The van der Waals surface area contributed by atoms with Crippen LogP contribution in [-0.4, -0.2) is 25.0 Å². The second kappa shape index (κ2) is 11.3. The summed E-state index contributed by atoms with van der Waals surface area (Å²) in [6, 6.07) is 0. The van der Waals surface area contributed by atoms with Crippen LogP contribution in [0.15, 0.2) is 57.8 Å². The van der Waals surface area contributed by atoms with Gasteiger partial charge in [-0.15, -0.1) is 0 Å². The summed E-state index contributed by atoms with van der Waals surface area (Å²) in [5.41, 5.74) is 7.52. The highest BCUT2D eigenvalue weighted by molar-refractivity contribution is 5.95. The molecule has 0 aliphatic carbocycles. The van der Waals surface area contributed by atoms with Crippen LogP contribution in [0.25, 0.3) is 0 Å². The van der Waals surface area contributed by atoms with Gasteiger partial charge in [0, 0.05) is 23.5 Å². The number of carbonyl (C=O) groups excluding carboxylic acids is 1. The van der Waals surface area contributed by atoms with E-state index in [0.29, 0.717) is 18.0 Å². The van der Waals surface area contributed by atoms with Crippen LogP contribution in [0, 0.1) is 0 Å². The Hall–Kier alpha value is -2.43. The molecule has 5 nitrogen and oxygen atoms in total. The summed E-state index contributed by atoms with van der Waals surface area (Å²) in [6.45, 7) is 13.3. The Labute approximate surface area is 133 Å². The fraction of sp³-hybridized carbons (Fsp3) is 0.353. The van der Waals surface area contributed by atoms with E-state index in [1.807, 2.05) is 26.8 Å². The van der Waals surface area contributed by atoms with E-state index >= 15 is 0 Å². The lowest BCUT2D eigenvalue weighted by Gasteiger charge is -2.04. The van der Waals surface area contributed by atoms with E-state index < -0.39 is 0 Å². The summed E-state index contributed by atoms with van der Waals surface area (Å²) >= 11 is 0. The first-order valence-electron chi connectivity index (χ1n) is 7.22. The van der Waals surface area contributed by atoms with Gasteiger partial charge in [0.1, 0.15) is 5.84 Å². The van der Waals surface area contributed by atoms with Crippen LogP contribution in [0.3, 0.4) is 0 Å². The summed E-state index contributed by atoms with van der Waals surface area (Å²) in [5, 5.41) is 2.74. The van der Waals surface area contributed by atoms with Gasteiger partial charge >= 0.3 is 0 Å². The second-order valence-corrected chi connectivity index (χ2v) is 4.66. The molecule has 0 saturated carbocycles. The molecule has 0 aromatic heterocycles. The van der Waals surface area contributed by atoms with Crippen molar-refractivity contribution in [3.63, 3.8) is 0 Å². The Balaban J connectivity index is 4.53.